The van der Waals surface area contributed by atoms with Crippen LogP contribution in [-0.4, -0.2) is 26.4 Å². The fourth-order valence-electron chi connectivity index (χ4n) is 2.92. The number of aryl methyl sites for hydroxylation is 1. The predicted octanol–water partition coefficient (Wildman–Crippen LogP) is 5.11. The number of anilines is 1. The highest BCUT2D eigenvalue weighted by molar-refractivity contribution is 7.99. The molecule has 0 aliphatic carbocycles. The molecule has 0 fully saturated rings. The van der Waals surface area contributed by atoms with Gasteiger partial charge in [-0.2, -0.15) is 0 Å². The summed E-state index contributed by atoms with van der Waals surface area (Å²) in [6.07, 6.45) is 0. The van der Waals surface area contributed by atoms with Gasteiger partial charge >= 0.3 is 0 Å². The van der Waals surface area contributed by atoms with Crippen molar-refractivity contribution in [2.75, 3.05) is 11.1 Å². The molecule has 5 nitrogen and oxygen atoms in total. The summed E-state index contributed by atoms with van der Waals surface area (Å²) in [7, 11) is 0. The zero-order valence-corrected chi connectivity index (χ0v) is 17.1. The van der Waals surface area contributed by atoms with Gasteiger partial charge in [-0.25, -0.2) is 14.1 Å². The van der Waals surface area contributed by atoms with Crippen LogP contribution < -0.4 is 5.32 Å². The third-order valence-corrected chi connectivity index (χ3v) is 5.19. The first-order valence-corrected chi connectivity index (χ1v) is 10.4. The number of nitrogens with zero attached hydrogens (tertiary/aromatic N) is 3. The standard InChI is InChI=1S/C23H19FN4OS/c1-16-12-13-20(19(24)14-16)25-21(29)15-30-23-26-22(17-8-4-2-5-9-17)28(27-23)18-10-6-3-7-11-18/h2-14H,15H2,1H3,(H,25,29). The van der Waals surface area contributed by atoms with Gasteiger partial charge in [0.15, 0.2) is 5.82 Å². The molecule has 0 atom stereocenters. The maximum Gasteiger partial charge on any atom is 0.234 e. The van der Waals surface area contributed by atoms with E-state index in [9.17, 15) is 9.18 Å². The number of halogens is 1. The number of aromatic nitrogens is 3. The molecule has 0 aliphatic heterocycles. The van der Waals surface area contributed by atoms with Gasteiger partial charge in [0.1, 0.15) is 5.82 Å². The SMILES string of the molecule is Cc1ccc(NC(=O)CSc2nc(-c3ccccc3)n(-c3ccccc3)n2)c(F)c1. The van der Waals surface area contributed by atoms with Gasteiger partial charge < -0.3 is 5.32 Å². The van der Waals surface area contributed by atoms with Gasteiger partial charge in [0.2, 0.25) is 11.1 Å². The first kappa shape index (κ1) is 19.8. The molecule has 30 heavy (non-hydrogen) atoms. The van der Waals surface area contributed by atoms with Crippen LogP contribution in [0.5, 0.6) is 0 Å². The van der Waals surface area contributed by atoms with Crippen LogP contribution in [0.1, 0.15) is 5.56 Å². The molecule has 1 aromatic heterocycles. The van der Waals surface area contributed by atoms with Crippen molar-refractivity contribution in [2.45, 2.75) is 12.1 Å². The lowest BCUT2D eigenvalue weighted by molar-refractivity contribution is -0.113. The molecule has 0 radical (unpaired) electrons. The van der Waals surface area contributed by atoms with E-state index in [4.69, 9.17) is 0 Å². The largest absolute Gasteiger partial charge is 0.323 e. The van der Waals surface area contributed by atoms with Crippen molar-refractivity contribution in [3.05, 3.63) is 90.2 Å². The number of amides is 1. The van der Waals surface area contributed by atoms with Crippen LogP contribution in [-0.2, 0) is 4.79 Å². The van der Waals surface area contributed by atoms with Gasteiger partial charge in [-0.1, -0.05) is 66.4 Å². The summed E-state index contributed by atoms with van der Waals surface area (Å²) in [6, 6.07) is 24.1. The Morgan fingerprint density at radius 2 is 1.73 bits per heavy atom. The molecular formula is C23H19FN4OS. The van der Waals surface area contributed by atoms with Gasteiger partial charge in [0.25, 0.3) is 0 Å². The molecule has 4 aromatic rings. The van der Waals surface area contributed by atoms with Crippen LogP contribution in [0.15, 0.2) is 84.0 Å². The molecule has 150 valence electrons. The maximum atomic E-state index is 14.0. The summed E-state index contributed by atoms with van der Waals surface area (Å²) in [5, 5.41) is 7.64. The van der Waals surface area contributed by atoms with E-state index in [0.29, 0.717) is 11.0 Å². The quantitative estimate of drug-likeness (QED) is 0.442. The lowest BCUT2D eigenvalue weighted by atomic mass is 10.2. The van der Waals surface area contributed by atoms with Crippen LogP contribution >= 0.6 is 11.8 Å². The summed E-state index contributed by atoms with van der Waals surface area (Å²) >= 11 is 1.20. The molecule has 3 aromatic carbocycles. The van der Waals surface area contributed by atoms with E-state index in [1.807, 2.05) is 60.7 Å². The minimum Gasteiger partial charge on any atom is -0.323 e. The Labute approximate surface area is 178 Å². The highest BCUT2D eigenvalue weighted by Gasteiger charge is 2.15. The first-order chi connectivity index (χ1) is 14.6. The molecular weight excluding hydrogens is 399 g/mol. The summed E-state index contributed by atoms with van der Waals surface area (Å²) in [5.41, 5.74) is 2.76. The van der Waals surface area contributed by atoms with Crippen LogP contribution in [0, 0.1) is 12.7 Å². The summed E-state index contributed by atoms with van der Waals surface area (Å²) in [4.78, 5) is 16.9. The average Bonchev–Trinajstić information content (AvgIpc) is 3.20. The molecule has 4 rings (SSSR count). The number of hydrogen-bond donors (Lipinski definition) is 1. The summed E-state index contributed by atoms with van der Waals surface area (Å²) < 4.78 is 15.7. The second-order valence-corrected chi connectivity index (χ2v) is 7.59. The van der Waals surface area contributed by atoms with Crippen molar-refractivity contribution >= 4 is 23.4 Å². The van der Waals surface area contributed by atoms with Crippen LogP contribution in [0.2, 0.25) is 0 Å². The molecule has 0 spiro atoms. The smallest absolute Gasteiger partial charge is 0.234 e. The molecule has 1 heterocycles. The van der Waals surface area contributed by atoms with E-state index in [-0.39, 0.29) is 17.3 Å². The molecule has 0 bridgehead atoms. The van der Waals surface area contributed by atoms with Crippen molar-refractivity contribution in [3.8, 4) is 17.1 Å². The molecule has 7 heteroatoms. The normalized spacial score (nSPS) is 10.7. The number of nitrogens with one attached hydrogen (secondary N) is 1. The minimum absolute atomic E-state index is 0.0698. The van der Waals surface area contributed by atoms with Crippen LogP contribution in [0.25, 0.3) is 17.1 Å². The number of carbonyl (C=O) groups excluding carboxylic acids is 1. The van der Waals surface area contributed by atoms with E-state index in [2.05, 4.69) is 15.4 Å². The molecule has 1 amide bonds. The zero-order chi connectivity index (χ0) is 20.9. The van der Waals surface area contributed by atoms with E-state index in [1.54, 1.807) is 23.7 Å². The Kier molecular flexibility index (Phi) is 5.90. The number of para-hydroxylation sites is 1. The Hall–Kier alpha value is -3.45. The fourth-order valence-corrected chi connectivity index (χ4v) is 3.54. The minimum atomic E-state index is -0.453. The molecule has 0 saturated carbocycles. The van der Waals surface area contributed by atoms with Crippen molar-refractivity contribution < 1.29 is 9.18 Å². The van der Waals surface area contributed by atoms with Gasteiger partial charge in [-0.15, -0.1) is 5.10 Å². The fraction of sp³-hybridized carbons (Fsp3) is 0.0870. The molecule has 1 N–H and O–H groups in total. The zero-order valence-electron chi connectivity index (χ0n) is 16.2. The number of hydrogen-bond acceptors (Lipinski definition) is 4. The third-order valence-electron chi connectivity index (χ3n) is 4.35. The third kappa shape index (κ3) is 4.58. The first-order valence-electron chi connectivity index (χ1n) is 9.37. The monoisotopic (exact) mass is 418 g/mol. The topological polar surface area (TPSA) is 59.8 Å². The lowest BCUT2D eigenvalue weighted by Gasteiger charge is -2.06. The second-order valence-electron chi connectivity index (χ2n) is 6.65. The average molecular weight is 418 g/mol. The van der Waals surface area contributed by atoms with E-state index >= 15 is 0 Å². The Balaban J connectivity index is 1.53. The molecule has 0 aliphatic rings. The highest BCUT2D eigenvalue weighted by atomic mass is 32.2. The Morgan fingerprint density at radius 3 is 2.43 bits per heavy atom. The van der Waals surface area contributed by atoms with Crippen molar-refractivity contribution in [1.82, 2.24) is 14.8 Å². The summed E-state index contributed by atoms with van der Waals surface area (Å²) in [5.74, 6) is -0.0130. The Bertz CT molecular complexity index is 1110. The molecule has 0 saturated heterocycles. The lowest BCUT2D eigenvalue weighted by Crippen LogP contribution is -2.15. The number of thioether (sulfide) groups is 1. The van der Waals surface area contributed by atoms with Crippen molar-refractivity contribution in [2.24, 2.45) is 0 Å². The maximum absolute atomic E-state index is 14.0. The van der Waals surface area contributed by atoms with Crippen LogP contribution in [0.4, 0.5) is 10.1 Å². The van der Waals surface area contributed by atoms with Gasteiger partial charge in [-0.3, -0.25) is 4.79 Å². The van der Waals surface area contributed by atoms with Gasteiger partial charge in [-0.05, 0) is 36.8 Å². The predicted molar refractivity (Wildman–Crippen MR) is 117 cm³/mol. The van der Waals surface area contributed by atoms with Crippen LogP contribution in [0.3, 0.4) is 0 Å². The van der Waals surface area contributed by atoms with E-state index in [0.717, 1.165) is 16.8 Å². The van der Waals surface area contributed by atoms with E-state index < -0.39 is 5.82 Å². The number of rotatable bonds is 6. The molecule has 0 unspecified atom stereocenters. The highest BCUT2D eigenvalue weighted by Crippen LogP contribution is 2.25. The Morgan fingerprint density at radius 1 is 1.03 bits per heavy atom. The van der Waals surface area contributed by atoms with E-state index in [1.165, 1.54) is 17.8 Å². The van der Waals surface area contributed by atoms with Gasteiger partial charge in [0, 0.05) is 5.56 Å². The van der Waals surface area contributed by atoms with Crippen molar-refractivity contribution in [3.63, 3.8) is 0 Å². The second kappa shape index (κ2) is 8.92. The van der Waals surface area contributed by atoms with Gasteiger partial charge in [0.05, 0.1) is 17.1 Å². The van der Waals surface area contributed by atoms with Crippen molar-refractivity contribution in [1.29, 1.82) is 0 Å². The number of carbonyl (C=O) groups is 1. The number of benzene rings is 3. The summed E-state index contributed by atoms with van der Waals surface area (Å²) in [6.45, 7) is 1.80.